The minimum absolute atomic E-state index is 0.0435. The molecule has 15 heteroatoms. The Bertz CT molecular complexity index is 1480. The van der Waals surface area contributed by atoms with Crippen molar-refractivity contribution in [2.75, 3.05) is 13.2 Å². The van der Waals surface area contributed by atoms with Gasteiger partial charge in [0.25, 0.3) is 0 Å². The summed E-state index contributed by atoms with van der Waals surface area (Å²) in [6.45, 7) is 15.3. The highest BCUT2D eigenvalue weighted by Crippen LogP contribution is 2.76. The number of esters is 1. The molecule has 5 saturated carbocycles. The van der Waals surface area contributed by atoms with Crippen molar-refractivity contribution in [2.45, 2.75) is 186 Å². The lowest BCUT2D eigenvalue weighted by Gasteiger charge is -2.74. The van der Waals surface area contributed by atoms with Crippen molar-refractivity contribution in [3.05, 3.63) is 0 Å². The van der Waals surface area contributed by atoms with Crippen LogP contribution in [0.5, 0.6) is 0 Å². The van der Waals surface area contributed by atoms with E-state index in [1.165, 1.54) is 6.92 Å². The molecular formula is C42H70O15. The van der Waals surface area contributed by atoms with E-state index >= 15 is 0 Å². The van der Waals surface area contributed by atoms with Gasteiger partial charge in [-0.25, -0.2) is 0 Å². The molecule has 2 aliphatic heterocycles. The molecule has 0 radical (unpaired) electrons. The lowest BCUT2D eigenvalue weighted by atomic mass is 9.31. The number of hydrogen-bond donors (Lipinski definition) is 9. The van der Waals surface area contributed by atoms with Crippen molar-refractivity contribution in [3.8, 4) is 0 Å². The summed E-state index contributed by atoms with van der Waals surface area (Å²) in [5.41, 5.74) is -2.60. The van der Waals surface area contributed by atoms with Crippen LogP contribution >= 0.6 is 0 Å². The van der Waals surface area contributed by atoms with Crippen molar-refractivity contribution in [1.29, 1.82) is 0 Å². The number of rotatable bonds is 6. The minimum atomic E-state index is -1.65. The van der Waals surface area contributed by atoms with Crippen LogP contribution in [0.25, 0.3) is 0 Å². The number of hydrogen-bond acceptors (Lipinski definition) is 15. The fourth-order valence-electron chi connectivity index (χ4n) is 14.7. The molecule has 57 heavy (non-hydrogen) atoms. The molecule has 0 bridgehead atoms. The molecule has 328 valence electrons. The van der Waals surface area contributed by atoms with E-state index in [1.54, 1.807) is 0 Å². The molecule has 0 spiro atoms. The quantitative estimate of drug-likeness (QED) is 0.132. The van der Waals surface area contributed by atoms with Crippen LogP contribution in [-0.4, -0.2) is 151 Å². The second kappa shape index (κ2) is 15.1. The normalized spacial score (nSPS) is 55.7. The Kier molecular flexibility index (Phi) is 11.7. The van der Waals surface area contributed by atoms with Gasteiger partial charge >= 0.3 is 5.97 Å². The van der Waals surface area contributed by atoms with E-state index in [1.807, 2.05) is 13.8 Å². The van der Waals surface area contributed by atoms with Gasteiger partial charge in [-0.1, -0.05) is 48.5 Å². The first-order valence-electron chi connectivity index (χ1n) is 21.3. The van der Waals surface area contributed by atoms with Crippen LogP contribution in [0.2, 0.25) is 0 Å². The van der Waals surface area contributed by atoms with Gasteiger partial charge in [0.1, 0.15) is 36.6 Å². The van der Waals surface area contributed by atoms with Gasteiger partial charge in [-0.15, -0.1) is 0 Å². The zero-order valence-electron chi connectivity index (χ0n) is 34.8. The Hall–Kier alpha value is -1.05. The number of aliphatic hydroxyl groups is 9. The summed E-state index contributed by atoms with van der Waals surface area (Å²) in [6.07, 6.45) is -12.3. The lowest BCUT2D eigenvalue weighted by molar-refractivity contribution is -0.349. The van der Waals surface area contributed by atoms with Crippen molar-refractivity contribution < 1.29 is 74.4 Å². The fraction of sp³-hybridized carbons (Fsp3) is 0.976. The average molecular weight is 815 g/mol. The van der Waals surface area contributed by atoms with Gasteiger partial charge in [0.05, 0.1) is 43.7 Å². The monoisotopic (exact) mass is 814 g/mol. The Labute approximate surface area is 336 Å². The van der Waals surface area contributed by atoms with E-state index < -0.39 is 120 Å². The molecule has 7 rings (SSSR count). The summed E-state index contributed by atoms with van der Waals surface area (Å²) in [6, 6.07) is 0. The molecule has 0 aromatic heterocycles. The largest absolute Gasteiger partial charge is 0.457 e. The van der Waals surface area contributed by atoms with Crippen molar-refractivity contribution >= 4 is 5.97 Å². The first-order chi connectivity index (χ1) is 26.4. The highest BCUT2D eigenvalue weighted by atomic mass is 16.7. The molecule has 0 aromatic rings. The van der Waals surface area contributed by atoms with Crippen LogP contribution in [0.3, 0.4) is 0 Å². The second-order valence-electron chi connectivity index (χ2n) is 21.0. The number of carbonyl (C=O) groups excluding carboxylic acids is 1. The third-order valence-electron chi connectivity index (χ3n) is 17.5. The molecule has 2 saturated heterocycles. The molecular weight excluding hydrogens is 744 g/mol. The molecule has 9 N–H and O–H groups in total. The Morgan fingerprint density at radius 2 is 1.37 bits per heavy atom. The molecule has 7 aliphatic rings. The second-order valence-corrected chi connectivity index (χ2v) is 21.0. The van der Waals surface area contributed by atoms with Crippen LogP contribution in [0.4, 0.5) is 0 Å². The standard InChI is InChI=1S/C42H70O15/c1-18(44)54-25-17-53-36(32(50)30(25)48)56-23-15-41(7)20(9-10-26-40(6)12-11-27(46)38(2,3)34(40)21(45)14-42(26,41)8)19-13-22(35(52)39(4,5)28(19)23)55-37-33(51)31(49)29(47)24(16-43)57-37/h19-37,43,45-52H,9-17H2,1-8H3. The van der Waals surface area contributed by atoms with Gasteiger partial charge in [0.15, 0.2) is 18.7 Å². The maximum atomic E-state index is 12.3. The summed E-state index contributed by atoms with van der Waals surface area (Å²) in [5.74, 6) is -1.01. The summed E-state index contributed by atoms with van der Waals surface area (Å²) < 4.78 is 30.2. The van der Waals surface area contributed by atoms with Crippen molar-refractivity contribution in [3.63, 3.8) is 0 Å². The van der Waals surface area contributed by atoms with E-state index in [9.17, 15) is 50.8 Å². The Morgan fingerprint density at radius 1 is 0.719 bits per heavy atom. The van der Waals surface area contributed by atoms with Crippen LogP contribution < -0.4 is 0 Å². The molecule has 0 aromatic carbocycles. The maximum absolute atomic E-state index is 12.3. The summed E-state index contributed by atoms with van der Waals surface area (Å²) >= 11 is 0. The number of ether oxygens (including phenoxy) is 5. The SMILES string of the molecule is CC(=O)OC1COC(OC2CC3(C)C(CCC4C5(C)CCC(O)C(C)(C)C5C(O)CC43C)C3CC(OC4OC(CO)C(O)C(O)C4O)C(O)C(C)(C)C23)C(O)C1O. The summed E-state index contributed by atoms with van der Waals surface area (Å²) in [5, 5.41) is 99.9. The van der Waals surface area contributed by atoms with Crippen LogP contribution in [0.1, 0.15) is 100 Å². The molecule has 15 nitrogen and oxygen atoms in total. The third-order valence-corrected chi connectivity index (χ3v) is 17.5. The van der Waals surface area contributed by atoms with Gasteiger partial charge in [0.2, 0.25) is 0 Å². The van der Waals surface area contributed by atoms with Gasteiger partial charge in [-0.05, 0) is 102 Å². The number of fused-ring (bicyclic) bond motifs is 7. The van der Waals surface area contributed by atoms with E-state index in [-0.39, 0.29) is 41.6 Å². The predicted molar refractivity (Wildman–Crippen MR) is 200 cm³/mol. The first-order valence-corrected chi connectivity index (χ1v) is 21.3. The van der Waals surface area contributed by atoms with Gasteiger partial charge in [-0.2, -0.15) is 0 Å². The van der Waals surface area contributed by atoms with Crippen LogP contribution in [0.15, 0.2) is 0 Å². The third kappa shape index (κ3) is 6.67. The highest BCUT2D eigenvalue weighted by molar-refractivity contribution is 5.66. The smallest absolute Gasteiger partial charge is 0.303 e. The molecule has 7 fully saturated rings. The Morgan fingerprint density at radius 3 is 2.02 bits per heavy atom. The zero-order chi connectivity index (χ0) is 41.9. The summed E-state index contributed by atoms with van der Waals surface area (Å²) in [7, 11) is 0. The predicted octanol–water partition coefficient (Wildman–Crippen LogP) is 0.600. The number of aliphatic hydroxyl groups excluding tert-OH is 9. The average Bonchev–Trinajstić information content (AvgIpc) is 3.12. The molecule has 22 unspecified atom stereocenters. The summed E-state index contributed by atoms with van der Waals surface area (Å²) in [4.78, 5) is 11.7. The lowest BCUT2D eigenvalue weighted by Crippen LogP contribution is -2.72. The topological polar surface area (TPSA) is 245 Å². The van der Waals surface area contributed by atoms with E-state index in [0.717, 1.165) is 19.3 Å². The zero-order valence-corrected chi connectivity index (χ0v) is 34.8. The van der Waals surface area contributed by atoms with Crippen molar-refractivity contribution in [1.82, 2.24) is 0 Å². The van der Waals surface area contributed by atoms with E-state index in [2.05, 4.69) is 34.6 Å². The maximum Gasteiger partial charge on any atom is 0.303 e. The molecule has 0 amide bonds. The van der Waals surface area contributed by atoms with E-state index in [0.29, 0.717) is 25.7 Å². The van der Waals surface area contributed by atoms with Gasteiger partial charge in [0, 0.05) is 6.92 Å². The van der Waals surface area contributed by atoms with Crippen LogP contribution in [0, 0.1) is 56.7 Å². The fourth-order valence-corrected chi connectivity index (χ4v) is 14.7. The van der Waals surface area contributed by atoms with Crippen LogP contribution in [-0.2, 0) is 28.5 Å². The molecule has 5 aliphatic carbocycles. The van der Waals surface area contributed by atoms with Gasteiger partial charge in [-0.3, -0.25) is 4.79 Å². The molecule has 2 heterocycles. The van der Waals surface area contributed by atoms with Crippen molar-refractivity contribution in [2.24, 2.45) is 56.7 Å². The first kappa shape index (κ1) is 44.0. The molecule has 22 atom stereocenters. The number of carbonyl (C=O) groups is 1. The van der Waals surface area contributed by atoms with E-state index in [4.69, 9.17) is 23.7 Å². The minimum Gasteiger partial charge on any atom is -0.457 e. The highest BCUT2D eigenvalue weighted by Gasteiger charge is 2.73. The Balaban J connectivity index is 1.26. The van der Waals surface area contributed by atoms with Gasteiger partial charge < -0.3 is 69.6 Å².